The van der Waals surface area contributed by atoms with Crippen molar-refractivity contribution in [2.24, 2.45) is 0 Å². The Bertz CT molecular complexity index is 943. The third-order valence-corrected chi connectivity index (χ3v) is 6.73. The molecule has 0 amide bonds. The van der Waals surface area contributed by atoms with Gasteiger partial charge in [0.25, 0.3) is 0 Å². The molecule has 3 heterocycles. The second-order valence-corrected chi connectivity index (χ2v) is 9.57. The number of halogens is 1. The van der Waals surface area contributed by atoms with Gasteiger partial charge in [-0.3, -0.25) is 0 Å². The molecule has 26 heavy (non-hydrogen) atoms. The highest BCUT2D eigenvalue weighted by Crippen LogP contribution is 2.36. The van der Waals surface area contributed by atoms with Gasteiger partial charge < -0.3 is 14.6 Å². The van der Waals surface area contributed by atoms with E-state index in [-0.39, 0.29) is 22.5 Å². The van der Waals surface area contributed by atoms with Crippen LogP contribution in [-0.4, -0.2) is 48.5 Å². The molecule has 2 aromatic heterocycles. The molecule has 2 atom stereocenters. The Balaban J connectivity index is 1.81. The molecule has 2 fully saturated rings. The molecule has 0 spiro atoms. The van der Waals surface area contributed by atoms with Gasteiger partial charge in [0, 0.05) is 36.9 Å². The Morgan fingerprint density at radius 2 is 1.96 bits per heavy atom. The maximum atomic E-state index is 14.3. The zero-order valence-corrected chi connectivity index (χ0v) is 16.0. The molecule has 2 aliphatic rings. The normalized spacial score (nSPS) is 25.6. The van der Waals surface area contributed by atoms with Crippen LogP contribution in [0.4, 0.5) is 10.1 Å². The van der Waals surface area contributed by atoms with Gasteiger partial charge in [-0.25, -0.2) is 18.1 Å². The first-order valence-electron chi connectivity index (χ1n) is 8.88. The first kappa shape index (κ1) is 17.7. The summed E-state index contributed by atoms with van der Waals surface area (Å²) in [4.78, 5) is 5.90. The van der Waals surface area contributed by atoms with E-state index in [4.69, 9.17) is 0 Å². The number of hydrogen-bond donors (Lipinski definition) is 2. The van der Waals surface area contributed by atoms with Gasteiger partial charge in [0.1, 0.15) is 16.7 Å². The summed E-state index contributed by atoms with van der Waals surface area (Å²) in [6, 6.07) is 2.00. The monoisotopic (exact) mass is 381 g/mol. The van der Waals surface area contributed by atoms with Crippen LogP contribution < -0.4 is 14.9 Å². The van der Waals surface area contributed by atoms with E-state index in [2.05, 4.69) is 28.9 Å². The number of pyridine rings is 1. The van der Waals surface area contributed by atoms with Crippen LogP contribution >= 0.6 is 0 Å². The lowest BCUT2D eigenvalue weighted by atomic mass is 10.1. The molecule has 1 saturated carbocycles. The Hall–Kier alpha value is -1.71. The number of nitrogens with one attached hydrogen (secondary N) is 2. The molecule has 0 unspecified atom stereocenters. The second kappa shape index (κ2) is 5.90. The largest absolute Gasteiger partial charge is 0.367 e. The standard InChI is InChI=1S/C17H24FN5O2S/c1-11-7-22(8-12(2)20-11)14-6-13(9-23-10-19-16(18)15(14)23)26(24,25)21-17(3)4-5-17/h6,9-12,20-21H,4-5,7-8H2,1-3H3/t11-,12-/m0/s1. The molecule has 7 nitrogen and oxygen atoms in total. The van der Waals surface area contributed by atoms with Gasteiger partial charge in [0.2, 0.25) is 16.0 Å². The number of imidazole rings is 1. The maximum absolute atomic E-state index is 14.3. The van der Waals surface area contributed by atoms with Gasteiger partial charge in [-0.05, 0) is 39.7 Å². The highest BCUT2D eigenvalue weighted by molar-refractivity contribution is 7.89. The molecule has 0 bridgehead atoms. The van der Waals surface area contributed by atoms with Gasteiger partial charge in [0.05, 0.1) is 5.69 Å². The van der Waals surface area contributed by atoms with Crippen LogP contribution in [0.2, 0.25) is 0 Å². The van der Waals surface area contributed by atoms with Crippen molar-refractivity contribution in [3.05, 3.63) is 24.5 Å². The van der Waals surface area contributed by atoms with Crippen LogP contribution in [0.5, 0.6) is 0 Å². The van der Waals surface area contributed by atoms with Crippen LogP contribution in [0, 0.1) is 5.95 Å². The maximum Gasteiger partial charge on any atom is 0.242 e. The highest BCUT2D eigenvalue weighted by atomic mass is 32.2. The predicted molar refractivity (Wildman–Crippen MR) is 97.4 cm³/mol. The first-order chi connectivity index (χ1) is 12.2. The Labute approximate surface area is 152 Å². The lowest BCUT2D eigenvalue weighted by Gasteiger charge is -2.38. The summed E-state index contributed by atoms with van der Waals surface area (Å²) in [6.45, 7) is 7.34. The van der Waals surface area contributed by atoms with E-state index >= 15 is 0 Å². The number of anilines is 1. The van der Waals surface area contributed by atoms with E-state index in [1.807, 2.05) is 11.8 Å². The van der Waals surface area contributed by atoms with E-state index in [1.165, 1.54) is 16.9 Å². The van der Waals surface area contributed by atoms with Crippen LogP contribution in [0.25, 0.3) is 5.52 Å². The Kier molecular flexibility index (Phi) is 4.01. The second-order valence-electron chi connectivity index (χ2n) is 7.89. The molecule has 4 rings (SSSR count). The van der Waals surface area contributed by atoms with Crippen molar-refractivity contribution in [3.8, 4) is 0 Å². The molecule has 0 radical (unpaired) electrons. The van der Waals surface area contributed by atoms with Crippen LogP contribution in [0.15, 0.2) is 23.5 Å². The Morgan fingerprint density at radius 1 is 1.31 bits per heavy atom. The van der Waals surface area contributed by atoms with Crippen molar-refractivity contribution in [3.63, 3.8) is 0 Å². The summed E-state index contributed by atoms with van der Waals surface area (Å²) in [5.41, 5.74) is 0.499. The zero-order valence-electron chi connectivity index (χ0n) is 15.2. The van der Waals surface area contributed by atoms with Crippen molar-refractivity contribution in [1.82, 2.24) is 19.4 Å². The molecular weight excluding hydrogens is 357 g/mol. The summed E-state index contributed by atoms with van der Waals surface area (Å²) in [5.74, 6) is -0.593. The summed E-state index contributed by atoms with van der Waals surface area (Å²) < 4.78 is 44.2. The molecule has 9 heteroatoms. The summed E-state index contributed by atoms with van der Waals surface area (Å²) in [6.07, 6.45) is 4.40. The molecule has 1 aliphatic carbocycles. The van der Waals surface area contributed by atoms with E-state index in [0.717, 1.165) is 12.8 Å². The average Bonchev–Trinajstić information content (AvgIpc) is 3.13. The number of rotatable bonds is 4. The smallest absolute Gasteiger partial charge is 0.242 e. The topological polar surface area (TPSA) is 78.7 Å². The minimum atomic E-state index is -3.69. The first-order valence-corrected chi connectivity index (χ1v) is 10.4. The predicted octanol–water partition coefficient (Wildman–Crippen LogP) is 1.49. The number of aromatic nitrogens is 2. The summed E-state index contributed by atoms with van der Waals surface area (Å²) >= 11 is 0. The van der Waals surface area contributed by atoms with Crippen molar-refractivity contribution in [2.45, 2.75) is 56.1 Å². The van der Waals surface area contributed by atoms with Crippen molar-refractivity contribution in [2.75, 3.05) is 18.0 Å². The highest BCUT2D eigenvalue weighted by Gasteiger charge is 2.41. The fourth-order valence-electron chi connectivity index (χ4n) is 3.64. The minimum absolute atomic E-state index is 0.129. The molecule has 2 aromatic rings. The van der Waals surface area contributed by atoms with Gasteiger partial charge in [-0.1, -0.05) is 0 Å². The van der Waals surface area contributed by atoms with Gasteiger partial charge >= 0.3 is 0 Å². The van der Waals surface area contributed by atoms with Crippen LogP contribution in [0.3, 0.4) is 0 Å². The van der Waals surface area contributed by atoms with Gasteiger partial charge in [-0.15, -0.1) is 0 Å². The van der Waals surface area contributed by atoms with Crippen LogP contribution in [0.1, 0.15) is 33.6 Å². The summed E-state index contributed by atoms with van der Waals surface area (Å²) in [7, 11) is -3.69. The number of hydrogen-bond acceptors (Lipinski definition) is 5. The zero-order chi connectivity index (χ0) is 18.7. The van der Waals surface area contributed by atoms with Crippen LogP contribution in [-0.2, 0) is 10.0 Å². The van der Waals surface area contributed by atoms with E-state index < -0.39 is 16.0 Å². The molecule has 1 saturated heterocycles. The lowest BCUT2D eigenvalue weighted by Crippen LogP contribution is -2.54. The number of nitrogens with zero attached hydrogens (tertiary/aromatic N) is 3. The molecule has 142 valence electrons. The van der Waals surface area contributed by atoms with Crippen molar-refractivity contribution in [1.29, 1.82) is 0 Å². The lowest BCUT2D eigenvalue weighted by molar-refractivity contribution is 0.407. The van der Waals surface area contributed by atoms with E-state index in [1.54, 1.807) is 6.07 Å². The SMILES string of the molecule is C[C@H]1CN(c2cc(S(=O)(=O)NC3(C)CC3)cn3cnc(F)c23)C[C@H](C)N1. The third-order valence-electron chi connectivity index (χ3n) is 5.13. The summed E-state index contributed by atoms with van der Waals surface area (Å²) in [5, 5.41) is 3.43. The quantitative estimate of drug-likeness (QED) is 0.839. The average molecular weight is 381 g/mol. The number of fused-ring (bicyclic) bond motifs is 1. The van der Waals surface area contributed by atoms with Crippen molar-refractivity contribution >= 4 is 21.2 Å². The van der Waals surface area contributed by atoms with Gasteiger partial charge in [-0.2, -0.15) is 4.39 Å². The van der Waals surface area contributed by atoms with E-state index in [9.17, 15) is 12.8 Å². The molecular formula is C17H24FN5O2S. The molecule has 2 N–H and O–H groups in total. The Morgan fingerprint density at radius 3 is 2.58 bits per heavy atom. The molecule has 1 aliphatic heterocycles. The van der Waals surface area contributed by atoms with Crippen molar-refractivity contribution < 1.29 is 12.8 Å². The minimum Gasteiger partial charge on any atom is -0.367 e. The fourth-order valence-corrected chi connectivity index (χ4v) is 5.13. The number of piperazine rings is 1. The number of sulfonamides is 1. The van der Waals surface area contributed by atoms with Gasteiger partial charge in [0.15, 0.2) is 0 Å². The third kappa shape index (κ3) is 3.19. The van der Waals surface area contributed by atoms with E-state index in [0.29, 0.717) is 24.3 Å². The molecule has 0 aromatic carbocycles. The fraction of sp³-hybridized carbons (Fsp3) is 0.588.